The highest BCUT2D eigenvalue weighted by Crippen LogP contribution is 2.35. The third-order valence-corrected chi connectivity index (χ3v) is 7.73. The lowest BCUT2D eigenvalue weighted by molar-refractivity contribution is -0.138. The van der Waals surface area contributed by atoms with Crippen molar-refractivity contribution in [2.75, 3.05) is 37.7 Å². The van der Waals surface area contributed by atoms with Crippen LogP contribution in [0.1, 0.15) is 11.4 Å². The predicted molar refractivity (Wildman–Crippen MR) is 151 cm³/mol. The van der Waals surface area contributed by atoms with Crippen molar-refractivity contribution in [3.63, 3.8) is 0 Å². The van der Waals surface area contributed by atoms with Gasteiger partial charge in [-0.3, -0.25) is 9.59 Å². The summed E-state index contributed by atoms with van der Waals surface area (Å²) in [5.74, 6) is -0.143. The van der Waals surface area contributed by atoms with Crippen molar-refractivity contribution in [3.05, 3.63) is 69.2 Å². The number of aromatic nitrogens is 3. The molecule has 0 unspecified atom stereocenters. The van der Waals surface area contributed by atoms with Crippen LogP contribution in [-0.2, 0) is 29.2 Å². The molecule has 0 aliphatic carbocycles. The van der Waals surface area contributed by atoms with Gasteiger partial charge in [-0.1, -0.05) is 29.8 Å². The Kier molecular flexibility index (Phi) is 8.83. The molecular weight excluding hydrogens is 552 g/mol. The maximum absolute atomic E-state index is 12.8. The van der Waals surface area contributed by atoms with E-state index in [1.165, 1.54) is 0 Å². The first-order valence-corrected chi connectivity index (χ1v) is 15.5. The molecule has 0 amide bonds. The SMILES string of the molecule is CS(C)(C)CCOCn1c(Cc2nn(CC(=O)O)c(=O)c3ccccc23)cc2cc(Cl)c(OCC(F)F)cc21. The minimum atomic E-state index is -2.65. The molecule has 0 fully saturated rings. The maximum atomic E-state index is 12.8. The number of halogens is 3. The molecule has 2 aromatic carbocycles. The molecule has 0 saturated carbocycles. The van der Waals surface area contributed by atoms with Crippen LogP contribution in [-0.4, -0.2) is 69.6 Å². The predicted octanol–water partition coefficient (Wildman–Crippen LogP) is 4.99. The van der Waals surface area contributed by atoms with Crippen LogP contribution in [0.2, 0.25) is 5.02 Å². The molecule has 210 valence electrons. The lowest BCUT2D eigenvalue weighted by atomic mass is 10.1. The lowest BCUT2D eigenvalue weighted by Gasteiger charge is -2.24. The van der Waals surface area contributed by atoms with Gasteiger partial charge >= 0.3 is 5.97 Å². The van der Waals surface area contributed by atoms with Crippen molar-refractivity contribution < 1.29 is 28.2 Å². The summed E-state index contributed by atoms with van der Waals surface area (Å²) < 4.78 is 39.7. The maximum Gasteiger partial charge on any atom is 0.325 e. The fraction of sp³-hybridized carbons (Fsp3) is 0.370. The molecule has 0 radical (unpaired) electrons. The second kappa shape index (κ2) is 11.9. The summed E-state index contributed by atoms with van der Waals surface area (Å²) in [6.07, 6.45) is 4.19. The smallest absolute Gasteiger partial charge is 0.325 e. The number of alkyl halides is 2. The van der Waals surface area contributed by atoms with Gasteiger partial charge in [0, 0.05) is 34.7 Å². The second-order valence-electron chi connectivity index (χ2n) is 9.97. The van der Waals surface area contributed by atoms with Crippen molar-refractivity contribution in [2.24, 2.45) is 0 Å². The number of nitrogens with zero attached hydrogens (tertiary/aromatic N) is 3. The Morgan fingerprint density at radius 3 is 2.54 bits per heavy atom. The standard InChI is InChI=1S/C27H30ClF2N3O5S/c1-39(2,3)9-8-37-16-32-18(10-17-11-21(28)24(13-23(17)32)38-15-25(29)30)12-22-19-6-4-5-7-20(19)27(36)33(31-22)14-26(34)35/h4-7,10-11,13,25H,8-9,12,14-16H2,1-3H3,(H,34,35). The van der Waals surface area contributed by atoms with Gasteiger partial charge in [0.15, 0.2) is 0 Å². The Bertz CT molecular complexity index is 1570. The van der Waals surface area contributed by atoms with Crippen LogP contribution in [0.4, 0.5) is 8.78 Å². The Balaban J connectivity index is 1.79. The van der Waals surface area contributed by atoms with Gasteiger partial charge in [-0.25, -0.2) is 23.5 Å². The average Bonchev–Trinajstić information content (AvgIpc) is 3.17. The number of fused-ring (bicyclic) bond motifs is 2. The summed E-state index contributed by atoms with van der Waals surface area (Å²) >= 11 is 6.34. The highest BCUT2D eigenvalue weighted by atomic mass is 35.5. The summed E-state index contributed by atoms with van der Waals surface area (Å²) in [6.45, 7) is -0.648. The van der Waals surface area contributed by atoms with E-state index in [1.807, 2.05) is 10.6 Å². The molecule has 1 N–H and O–H groups in total. The van der Waals surface area contributed by atoms with Gasteiger partial charge < -0.3 is 19.1 Å². The zero-order chi connectivity index (χ0) is 28.3. The summed E-state index contributed by atoms with van der Waals surface area (Å²) in [7, 11) is -0.770. The van der Waals surface area contributed by atoms with Crippen molar-refractivity contribution in [3.8, 4) is 5.75 Å². The molecule has 4 aromatic rings. The summed E-state index contributed by atoms with van der Waals surface area (Å²) in [5, 5.41) is 15.6. The molecule has 2 heterocycles. The van der Waals surface area contributed by atoms with Crippen LogP contribution in [0, 0.1) is 0 Å². The number of carbonyl (C=O) groups is 1. The van der Waals surface area contributed by atoms with Crippen molar-refractivity contribution >= 4 is 49.3 Å². The first-order valence-electron chi connectivity index (χ1n) is 12.1. The zero-order valence-corrected chi connectivity index (χ0v) is 23.4. The Hall–Kier alpha value is -3.15. The molecule has 12 heteroatoms. The Morgan fingerprint density at radius 1 is 1.15 bits per heavy atom. The van der Waals surface area contributed by atoms with E-state index in [4.69, 9.17) is 21.1 Å². The van der Waals surface area contributed by atoms with Crippen LogP contribution in [0.5, 0.6) is 5.75 Å². The number of ether oxygens (including phenoxy) is 2. The molecule has 2 aromatic heterocycles. The van der Waals surface area contributed by atoms with E-state index in [9.17, 15) is 23.5 Å². The monoisotopic (exact) mass is 581 g/mol. The van der Waals surface area contributed by atoms with Crippen LogP contribution < -0.4 is 10.3 Å². The highest BCUT2D eigenvalue weighted by Gasteiger charge is 2.18. The van der Waals surface area contributed by atoms with Crippen LogP contribution >= 0.6 is 21.6 Å². The largest absolute Gasteiger partial charge is 0.486 e. The lowest BCUT2D eigenvalue weighted by Crippen LogP contribution is -2.28. The number of benzene rings is 2. The van der Waals surface area contributed by atoms with E-state index in [-0.39, 0.29) is 23.9 Å². The van der Waals surface area contributed by atoms with Gasteiger partial charge in [0.2, 0.25) is 0 Å². The third-order valence-electron chi connectivity index (χ3n) is 6.04. The van der Waals surface area contributed by atoms with Gasteiger partial charge in [-0.15, -0.1) is 0 Å². The molecule has 0 bridgehead atoms. The Labute approximate surface area is 230 Å². The fourth-order valence-corrected chi connectivity index (χ4v) is 5.03. The van der Waals surface area contributed by atoms with Crippen LogP contribution in [0.15, 0.2) is 47.3 Å². The summed E-state index contributed by atoms with van der Waals surface area (Å²) in [6, 6.07) is 12.1. The molecule has 0 spiro atoms. The Morgan fingerprint density at radius 2 is 1.87 bits per heavy atom. The highest BCUT2D eigenvalue weighted by molar-refractivity contribution is 8.32. The summed E-state index contributed by atoms with van der Waals surface area (Å²) in [5.41, 5.74) is 1.45. The van der Waals surface area contributed by atoms with Gasteiger partial charge in [0.05, 0.1) is 28.2 Å². The van der Waals surface area contributed by atoms with Crippen LogP contribution in [0.25, 0.3) is 21.7 Å². The van der Waals surface area contributed by atoms with E-state index >= 15 is 0 Å². The van der Waals surface area contributed by atoms with E-state index in [1.54, 1.807) is 36.4 Å². The van der Waals surface area contributed by atoms with Crippen molar-refractivity contribution in [2.45, 2.75) is 26.1 Å². The van der Waals surface area contributed by atoms with E-state index in [2.05, 4.69) is 23.9 Å². The van der Waals surface area contributed by atoms with Gasteiger partial charge in [0.1, 0.15) is 25.6 Å². The minimum absolute atomic E-state index is 0.132. The van der Waals surface area contributed by atoms with Crippen molar-refractivity contribution in [1.82, 2.24) is 14.3 Å². The number of hydrogen-bond acceptors (Lipinski definition) is 5. The normalized spacial score (nSPS) is 12.5. The topological polar surface area (TPSA) is 95.6 Å². The number of hydrogen-bond donors (Lipinski definition) is 1. The zero-order valence-electron chi connectivity index (χ0n) is 21.8. The molecule has 0 atom stereocenters. The van der Waals surface area contributed by atoms with Gasteiger partial charge in [-0.05, 0) is 37.0 Å². The molecule has 0 aliphatic rings. The summed E-state index contributed by atoms with van der Waals surface area (Å²) in [4.78, 5) is 24.2. The molecule has 4 rings (SSSR count). The van der Waals surface area contributed by atoms with Gasteiger partial charge in [0.25, 0.3) is 12.0 Å². The molecular formula is C27H30ClF2N3O5S. The minimum Gasteiger partial charge on any atom is -0.486 e. The van der Waals surface area contributed by atoms with E-state index < -0.39 is 41.1 Å². The van der Waals surface area contributed by atoms with E-state index in [0.29, 0.717) is 28.6 Å². The number of rotatable bonds is 12. The number of carboxylic acid groups (broad SMARTS) is 1. The second-order valence-corrected chi connectivity index (χ2v) is 15.0. The van der Waals surface area contributed by atoms with Crippen molar-refractivity contribution in [1.29, 1.82) is 0 Å². The van der Waals surface area contributed by atoms with Gasteiger partial charge in [-0.2, -0.15) is 5.10 Å². The molecule has 0 saturated heterocycles. The van der Waals surface area contributed by atoms with Crippen LogP contribution in [0.3, 0.4) is 0 Å². The first-order chi connectivity index (χ1) is 18.4. The molecule has 8 nitrogen and oxygen atoms in total. The first kappa shape index (κ1) is 28.8. The molecule has 0 aliphatic heterocycles. The third kappa shape index (κ3) is 7.09. The molecule has 39 heavy (non-hydrogen) atoms. The fourth-order valence-electron chi connectivity index (χ4n) is 4.19. The quantitative estimate of drug-likeness (QED) is 0.237. The van der Waals surface area contributed by atoms with E-state index in [0.717, 1.165) is 21.5 Å². The number of aliphatic carboxylic acids is 1. The number of carboxylic acids is 1. The average molecular weight is 582 g/mol.